The van der Waals surface area contributed by atoms with E-state index < -0.39 is 10.0 Å². The van der Waals surface area contributed by atoms with E-state index in [-0.39, 0.29) is 11.4 Å². The number of hydrogen-bond acceptors (Lipinski definition) is 4. The second-order valence-electron chi connectivity index (χ2n) is 4.75. The van der Waals surface area contributed by atoms with E-state index in [1.54, 1.807) is 50.8 Å². The Hall–Kier alpha value is -1.92. The molecule has 0 saturated carbocycles. The second-order valence-corrected chi connectivity index (χ2v) is 6.80. The Labute approximate surface area is 125 Å². The molecule has 0 saturated heterocycles. The molecule has 112 valence electrons. The predicted octanol–water partition coefficient (Wildman–Crippen LogP) is 2.22. The van der Waals surface area contributed by atoms with E-state index in [2.05, 4.69) is 4.98 Å². The van der Waals surface area contributed by atoms with Crippen molar-refractivity contribution in [1.82, 2.24) is 9.29 Å². The van der Waals surface area contributed by atoms with Crippen LogP contribution in [-0.2, 0) is 16.6 Å². The molecular formula is C15H18N2O3S. The van der Waals surface area contributed by atoms with Crippen molar-refractivity contribution >= 4 is 10.0 Å². The van der Waals surface area contributed by atoms with Crippen LogP contribution >= 0.6 is 0 Å². The van der Waals surface area contributed by atoms with E-state index in [1.165, 1.54) is 4.31 Å². The molecule has 6 heteroatoms. The zero-order valence-electron chi connectivity index (χ0n) is 12.3. The molecule has 0 bridgehead atoms. The van der Waals surface area contributed by atoms with Gasteiger partial charge in [0, 0.05) is 26.0 Å². The molecule has 0 unspecified atom stereocenters. The maximum Gasteiger partial charge on any atom is 0.243 e. The zero-order valence-corrected chi connectivity index (χ0v) is 13.1. The van der Waals surface area contributed by atoms with Crippen molar-refractivity contribution in [3.05, 3.63) is 53.9 Å². The highest BCUT2D eigenvalue weighted by molar-refractivity contribution is 7.89. The molecule has 0 aliphatic carbocycles. The maximum atomic E-state index is 12.6. The van der Waals surface area contributed by atoms with Gasteiger partial charge in [-0.15, -0.1) is 0 Å². The van der Waals surface area contributed by atoms with Gasteiger partial charge < -0.3 is 4.74 Å². The molecule has 1 heterocycles. The van der Waals surface area contributed by atoms with Crippen LogP contribution in [0.3, 0.4) is 0 Å². The fourth-order valence-corrected chi connectivity index (χ4v) is 3.27. The third-order valence-electron chi connectivity index (χ3n) is 3.20. The van der Waals surface area contributed by atoms with Gasteiger partial charge in [-0.2, -0.15) is 4.31 Å². The van der Waals surface area contributed by atoms with E-state index in [9.17, 15) is 8.42 Å². The molecule has 1 aromatic carbocycles. The van der Waals surface area contributed by atoms with Crippen LogP contribution in [0.4, 0.5) is 0 Å². The number of aryl methyl sites for hydroxylation is 1. The fraction of sp³-hybridized carbons (Fsp3) is 0.267. The third-order valence-corrected chi connectivity index (χ3v) is 5.00. The van der Waals surface area contributed by atoms with Crippen LogP contribution in [-0.4, -0.2) is 31.9 Å². The summed E-state index contributed by atoms with van der Waals surface area (Å²) in [7, 11) is -0.417. The second kappa shape index (κ2) is 6.24. The summed E-state index contributed by atoms with van der Waals surface area (Å²) in [6, 6.07) is 8.47. The van der Waals surface area contributed by atoms with Crippen LogP contribution < -0.4 is 4.74 Å². The Morgan fingerprint density at radius 2 is 2.05 bits per heavy atom. The van der Waals surface area contributed by atoms with Crippen molar-refractivity contribution in [1.29, 1.82) is 0 Å². The monoisotopic (exact) mass is 306 g/mol. The molecule has 1 aromatic heterocycles. The van der Waals surface area contributed by atoms with Crippen molar-refractivity contribution in [3.8, 4) is 5.75 Å². The van der Waals surface area contributed by atoms with Gasteiger partial charge in [0.15, 0.2) is 0 Å². The lowest BCUT2D eigenvalue weighted by Gasteiger charge is -2.18. The number of benzene rings is 1. The summed E-state index contributed by atoms with van der Waals surface area (Å²) in [4.78, 5) is 4.25. The molecule has 0 aliphatic heterocycles. The van der Waals surface area contributed by atoms with Gasteiger partial charge in [-0.25, -0.2) is 8.42 Å². The molecule has 21 heavy (non-hydrogen) atoms. The quantitative estimate of drug-likeness (QED) is 0.850. The molecule has 0 N–H and O–H groups in total. The smallest absolute Gasteiger partial charge is 0.243 e. The van der Waals surface area contributed by atoms with Gasteiger partial charge in [0.1, 0.15) is 5.75 Å². The fourth-order valence-electron chi connectivity index (χ4n) is 2.03. The highest BCUT2D eigenvalue weighted by atomic mass is 32.2. The van der Waals surface area contributed by atoms with Gasteiger partial charge in [0.25, 0.3) is 0 Å². The number of sulfonamides is 1. The van der Waals surface area contributed by atoms with Gasteiger partial charge in [0.2, 0.25) is 10.0 Å². The highest BCUT2D eigenvalue weighted by Crippen LogP contribution is 2.23. The standard InChI is InChI=1S/C15H18N2O3S/c1-12-9-14(6-7-15(12)20-3)21(18,19)17(2)11-13-5-4-8-16-10-13/h4-10H,11H2,1-3H3. The highest BCUT2D eigenvalue weighted by Gasteiger charge is 2.21. The van der Waals surface area contributed by atoms with Crippen LogP contribution in [0.1, 0.15) is 11.1 Å². The average Bonchev–Trinajstić information content (AvgIpc) is 2.48. The van der Waals surface area contributed by atoms with Crippen LogP contribution in [0.2, 0.25) is 0 Å². The molecule has 0 radical (unpaired) electrons. The van der Waals surface area contributed by atoms with Crippen LogP contribution in [0.25, 0.3) is 0 Å². The summed E-state index contributed by atoms with van der Waals surface area (Å²) in [5.41, 5.74) is 1.63. The Balaban J connectivity index is 2.27. The number of rotatable bonds is 5. The van der Waals surface area contributed by atoms with Crippen molar-refractivity contribution in [2.45, 2.75) is 18.4 Å². The number of hydrogen-bond donors (Lipinski definition) is 0. The molecule has 2 aromatic rings. The summed E-state index contributed by atoms with van der Waals surface area (Å²) < 4.78 is 31.6. The topological polar surface area (TPSA) is 59.5 Å². The van der Waals surface area contributed by atoms with Crippen LogP contribution in [0.15, 0.2) is 47.6 Å². The number of methoxy groups -OCH3 is 1. The molecule has 0 fully saturated rings. The number of pyridine rings is 1. The van der Waals surface area contributed by atoms with Gasteiger partial charge in [0.05, 0.1) is 12.0 Å². The SMILES string of the molecule is COc1ccc(S(=O)(=O)N(C)Cc2cccnc2)cc1C. The molecular weight excluding hydrogens is 288 g/mol. The number of aromatic nitrogens is 1. The average molecular weight is 306 g/mol. The molecule has 0 amide bonds. The van der Waals surface area contributed by atoms with Crippen LogP contribution in [0.5, 0.6) is 5.75 Å². The summed E-state index contributed by atoms with van der Waals surface area (Å²) >= 11 is 0. The first-order chi connectivity index (χ1) is 9.95. The summed E-state index contributed by atoms with van der Waals surface area (Å²) in [5.74, 6) is 0.670. The minimum Gasteiger partial charge on any atom is -0.496 e. The van der Waals surface area contributed by atoms with Gasteiger partial charge in [-0.3, -0.25) is 4.98 Å². The molecule has 0 aliphatic rings. The van der Waals surface area contributed by atoms with E-state index >= 15 is 0 Å². The molecule has 5 nitrogen and oxygen atoms in total. The Kier molecular flexibility index (Phi) is 4.59. The Morgan fingerprint density at radius 1 is 1.29 bits per heavy atom. The van der Waals surface area contributed by atoms with E-state index in [0.29, 0.717) is 5.75 Å². The lowest BCUT2D eigenvalue weighted by Crippen LogP contribution is -2.26. The Bertz CT molecular complexity index is 715. The summed E-state index contributed by atoms with van der Waals surface area (Å²) in [5, 5.41) is 0. The van der Waals surface area contributed by atoms with Crippen molar-refractivity contribution in [3.63, 3.8) is 0 Å². The van der Waals surface area contributed by atoms with Gasteiger partial charge >= 0.3 is 0 Å². The van der Waals surface area contributed by atoms with Crippen molar-refractivity contribution < 1.29 is 13.2 Å². The van der Waals surface area contributed by atoms with Gasteiger partial charge in [-0.1, -0.05) is 6.07 Å². The molecule has 2 rings (SSSR count). The minimum atomic E-state index is -3.53. The maximum absolute atomic E-state index is 12.6. The normalized spacial score (nSPS) is 11.6. The number of ether oxygens (including phenoxy) is 1. The minimum absolute atomic E-state index is 0.257. The Morgan fingerprint density at radius 3 is 2.62 bits per heavy atom. The summed E-state index contributed by atoms with van der Waals surface area (Å²) in [6.45, 7) is 2.10. The molecule has 0 spiro atoms. The van der Waals surface area contributed by atoms with Crippen LogP contribution in [0, 0.1) is 6.92 Å². The zero-order chi connectivity index (χ0) is 15.5. The van der Waals surface area contributed by atoms with E-state index in [0.717, 1.165) is 11.1 Å². The lowest BCUT2D eigenvalue weighted by atomic mass is 10.2. The van der Waals surface area contributed by atoms with Gasteiger partial charge in [-0.05, 0) is 42.3 Å². The molecule has 0 atom stereocenters. The first kappa shape index (κ1) is 15.5. The predicted molar refractivity (Wildman–Crippen MR) is 80.6 cm³/mol. The van der Waals surface area contributed by atoms with E-state index in [4.69, 9.17) is 4.74 Å². The first-order valence-corrected chi connectivity index (χ1v) is 7.89. The summed E-state index contributed by atoms with van der Waals surface area (Å²) in [6.07, 6.45) is 3.32. The largest absolute Gasteiger partial charge is 0.496 e. The van der Waals surface area contributed by atoms with E-state index in [1.807, 2.05) is 13.0 Å². The third kappa shape index (κ3) is 3.40. The lowest BCUT2D eigenvalue weighted by molar-refractivity contribution is 0.411. The van der Waals surface area contributed by atoms with Crippen molar-refractivity contribution in [2.24, 2.45) is 0 Å². The number of nitrogens with zero attached hydrogens (tertiary/aromatic N) is 2. The van der Waals surface area contributed by atoms with Crippen molar-refractivity contribution in [2.75, 3.05) is 14.2 Å². The first-order valence-electron chi connectivity index (χ1n) is 6.45.